The van der Waals surface area contributed by atoms with Gasteiger partial charge in [0.1, 0.15) is 5.75 Å². The van der Waals surface area contributed by atoms with Gasteiger partial charge in [0.05, 0.1) is 17.7 Å². The predicted molar refractivity (Wildman–Crippen MR) is 107 cm³/mol. The van der Waals surface area contributed by atoms with Crippen molar-refractivity contribution < 1.29 is 17.9 Å². The van der Waals surface area contributed by atoms with Gasteiger partial charge in [-0.2, -0.15) is 0 Å². The van der Waals surface area contributed by atoms with E-state index in [0.29, 0.717) is 22.9 Å². The molecule has 0 saturated heterocycles. The number of hydrogen-bond acceptors (Lipinski definition) is 4. The highest BCUT2D eigenvalue weighted by molar-refractivity contribution is 7.89. The molecule has 6 nitrogen and oxygen atoms in total. The quantitative estimate of drug-likeness (QED) is 0.717. The summed E-state index contributed by atoms with van der Waals surface area (Å²) in [5.74, 6) is 0.110. The fourth-order valence-electron chi connectivity index (χ4n) is 3.27. The molecule has 2 atom stereocenters. The van der Waals surface area contributed by atoms with E-state index in [1.54, 1.807) is 6.07 Å². The van der Waals surface area contributed by atoms with E-state index in [1.807, 2.05) is 24.3 Å². The Morgan fingerprint density at radius 2 is 1.93 bits per heavy atom. The molecule has 148 valence electrons. The summed E-state index contributed by atoms with van der Waals surface area (Å²) in [5, 5.41) is 3.48. The Hall–Kier alpha value is -2.09. The maximum absolute atomic E-state index is 12.7. The third-order valence-corrected chi connectivity index (χ3v) is 6.93. The molecule has 8 heteroatoms. The van der Waals surface area contributed by atoms with Gasteiger partial charge in [0.25, 0.3) is 0 Å². The first-order valence-electron chi connectivity index (χ1n) is 9.14. The summed E-state index contributed by atoms with van der Waals surface area (Å²) in [7, 11) is -2.14. The molecule has 2 aromatic rings. The SMILES string of the molecule is COc1ccc(S(=O)(=O)NC2CC2)cc1NC(=O)C1CC1c1ccccc1Cl. The molecule has 2 aliphatic rings. The van der Waals surface area contributed by atoms with Gasteiger partial charge in [-0.05, 0) is 55.0 Å². The van der Waals surface area contributed by atoms with E-state index in [4.69, 9.17) is 16.3 Å². The number of benzene rings is 2. The number of nitrogens with one attached hydrogen (secondary N) is 2. The number of sulfonamides is 1. The molecule has 1 amide bonds. The van der Waals surface area contributed by atoms with Crippen molar-refractivity contribution in [3.8, 4) is 5.75 Å². The van der Waals surface area contributed by atoms with Crippen LogP contribution in [-0.4, -0.2) is 27.5 Å². The second-order valence-corrected chi connectivity index (χ2v) is 9.34. The zero-order chi connectivity index (χ0) is 19.9. The molecule has 2 saturated carbocycles. The van der Waals surface area contributed by atoms with Crippen molar-refractivity contribution in [1.29, 1.82) is 0 Å². The molecular formula is C20H21ClN2O4S. The fourth-order valence-corrected chi connectivity index (χ4v) is 4.88. The molecule has 28 heavy (non-hydrogen) atoms. The molecule has 0 aliphatic heterocycles. The molecule has 0 aromatic heterocycles. The van der Waals surface area contributed by atoms with E-state index in [0.717, 1.165) is 18.4 Å². The monoisotopic (exact) mass is 420 g/mol. The average Bonchev–Trinajstić information content (AvgIpc) is 3.57. The van der Waals surface area contributed by atoms with Crippen molar-refractivity contribution in [2.45, 2.75) is 36.1 Å². The molecule has 0 bridgehead atoms. The van der Waals surface area contributed by atoms with Crippen molar-refractivity contribution in [3.63, 3.8) is 0 Å². The average molecular weight is 421 g/mol. The van der Waals surface area contributed by atoms with Crippen molar-refractivity contribution in [1.82, 2.24) is 4.72 Å². The highest BCUT2D eigenvalue weighted by Gasteiger charge is 2.45. The highest BCUT2D eigenvalue weighted by atomic mass is 35.5. The second kappa shape index (κ2) is 7.39. The zero-order valence-electron chi connectivity index (χ0n) is 15.3. The summed E-state index contributed by atoms with van der Waals surface area (Å²) in [4.78, 5) is 12.8. The van der Waals surface area contributed by atoms with Crippen LogP contribution in [0.1, 0.15) is 30.7 Å². The number of ether oxygens (including phenoxy) is 1. The maximum atomic E-state index is 12.7. The van der Waals surface area contributed by atoms with Crippen LogP contribution in [0.2, 0.25) is 5.02 Å². The second-order valence-electron chi connectivity index (χ2n) is 7.22. The number of hydrogen-bond donors (Lipinski definition) is 2. The van der Waals surface area contributed by atoms with Gasteiger partial charge in [-0.15, -0.1) is 0 Å². The Bertz CT molecular complexity index is 1020. The minimum Gasteiger partial charge on any atom is -0.495 e. The zero-order valence-corrected chi connectivity index (χ0v) is 16.9. The first-order valence-corrected chi connectivity index (χ1v) is 11.0. The normalized spacial score (nSPS) is 21.2. The predicted octanol–water partition coefficient (Wildman–Crippen LogP) is 3.53. The molecule has 0 spiro atoms. The van der Waals surface area contributed by atoms with Crippen molar-refractivity contribution in [2.75, 3.05) is 12.4 Å². The number of amides is 1. The summed E-state index contributed by atoms with van der Waals surface area (Å²) in [6.07, 6.45) is 2.41. The van der Waals surface area contributed by atoms with Gasteiger partial charge in [-0.25, -0.2) is 13.1 Å². The molecular weight excluding hydrogens is 400 g/mol. The molecule has 2 N–H and O–H groups in total. The summed E-state index contributed by atoms with van der Waals surface area (Å²) < 4.78 is 32.8. The Morgan fingerprint density at radius 1 is 1.18 bits per heavy atom. The maximum Gasteiger partial charge on any atom is 0.240 e. The molecule has 4 rings (SSSR count). The Morgan fingerprint density at radius 3 is 2.61 bits per heavy atom. The summed E-state index contributed by atoms with van der Waals surface area (Å²) in [6, 6.07) is 12.0. The van der Waals surface area contributed by atoms with E-state index in [1.165, 1.54) is 19.2 Å². The number of anilines is 1. The van der Waals surface area contributed by atoms with Gasteiger partial charge in [0.2, 0.25) is 15.9 Å². The van der Waals surface area contributed by atoms with Crippen molar-refractivity contribution in [3.05, 3.63) is 53.1 Å². The third kappa shape index (κ3) is 4.01. The van der Waals surface area contributed by atoms with E-state index in [-0.39, 0.29) is 28.7 Å². The van der Waals surface area contributed by atoms with Crippen molar-refractivity contribution >= 4 is 33.2 Å². The Kier molecular flexibility index (Phi) is 5.07. The van der Waals surface area contributed by atoms with E-state index in [9.17, 15) is 13.2 Å². The van der Waals surface area contributed by atoms with Gasteiger partial charge < -0.3 is 10.1 Å². The highest BCUT2D eigenvalue weighted by Crippen LogP contribution is 2.50. The lowest BCUT2D eigenvalue weighted by molar-refractivity contribution is -0.117. The third-order valence-electron chi connectivity index (χ3n) is 5.07. The lowest BCUT2D eigenvalue weighted by atomic mass is 10.1. The standard InChI is InChI=1S/C20H21ClN2O4S/c1-27-19-9-8-13(28(25,26)23-12-6-7-12)10-18(19)22-20(24)16-11-15(16)14-4-2-3-5-17(14)21/h2-5,8-10,12,15-16,23H,6-7,11H2,1H3,(H,22,24). The van der Waals surface area contributed by atoms with Gasteiger partial charge in [-0.1, -0.05) is 29.8 Å². The van der Waals surface area contributed by atoms with Crippen LogP contribution in [0.5, 0.6) is 5.75 Å². The van der Waals surface area contributed by atoms with Gasteiger partial charge in [0, 0.05) is 17.0 Å². The van der Waals surface area contributed by atoms with Crippen LogP contribution in [0.25, 0.3) is 0 Å². The summed E-state index contributed by atoms with van der Waals surface area (Å²) in [6.45, 7) is 0. The topological polar surface area (TPSA) is 84.5 Å². The number of carbonyl (C=O) groups is 1. The molecule has 2 unspecified atom stereocenters. The van der Waals surface area contributed by atoms with Crippen LogP contribution in [0, 0.1) is 5.92 Å². The van der Waals surface area contributed by atoms with Gasteiger partial charge in [-0.3, -0.25) is 4.79 Å². The fraction of sp³-hybridized carbons (Fsp3) is 0.350. The first kappa shape index (κ1) is 19.2. The van der Waals surface area contributed by atoms with Gasteiger partial charge >= 0.3 is 0 Å². The van der Waals surface area contributed by atoms with Crippen molar-refractivity contribution in [2.24, 2.45) is 5.92 Å². The molecule has 0 heterocycles. The number of carbonyl (C=O) groups excluding carboxylic acids is 1. The Balaban J connectivity index is 1.51. The molecule has 2 aromatic carbocycles. The lowest BCUT2D eigenvalue weighted by Gasteiger charge is -2.13. The van der Waals surface area contributed by atoms with Gasteiger partial charge in [0.15, 0.2) is 0 Å². The number of halogens is 1. The molecule has 2 fully saturated rings. The van der Waals surface area contributed by atoms with Crippen LogP contribution in [-0.2, 0) is 14.8 Å². The van der Waals surface area contributed by atoms with E-state index < -0.39 is 10.0 Å². The first-order chi connectivity index (χ1) is 13.4. The van der Waals surface area contributed by atoms with E-state index in [2.05, 4.69) is 10.0 Å². The largest absolute Gasteiger partial charge is 0.495 e. The lowest BCUT2D eigenvalue weighted by Crippen LogP contribution is -2.26. The Labute approximate surface area is 169 Å². The summed E-state index contributed by atoms with van der Waals surface area (Å²) in [5.41, 5.74) is 1.30. The van der Waals surface area contributed by atoms with Crippen LogP contribution in [0.4, 0.5) is 5.69 Å². The minimum absolute atomic E-state index is 0.00739. The summed E-state index contributed by atoms with van der Waals surface area (Å²) >= 11 is 6.23. The van der Waals surface area contributed by atoms with Crippen LogP contribution >= 0.6 is 11.6 Å². The number of methoxy groups -OCH3 is 1. The minimum atomic E-state index is -3.62. The van der Waals surface area contributed by atoms with E-state index >= 15 is 0 Å². The smallest absolute Gasteiger partial charge is 0.240 e. The van der Waals surface area contributed by atoms with Crippen LogP contribution in [0.15, 0.2) is 47.4 Å². The molecule has 0 radical (unpaired) electrons. The number of rotatable bonds is 7. The van der Waals surface area contributed by atoms with Crippen LogP contribution in [0.3, 0.4) is 0 Å². The van der Waals surface area contributed by atoms with Crippen LogP contribution < -0.4 is 14.8 Å². The molecule has 2 aliphatic carbocycles.